The van der Waals surface area contributed by atoms with Crippen molar-refractivity contribution in [1.29, 1.82) is 0 Å². The van der Waals surface area contributed by atoms with E-state index in [1.165, 1.54) is 12.1 Å². The van der Waals surface area contributed by atoms with Crippen LogP contribution in [0, 0.1) is 5.82 Å². The second-order valence-corrected chi connectivity index (χ2v) is 6.52. The molecule has 0 amide bonds. The summed E-state index contributed by atoms with van der Waals surface area (Å²) in [5, 5.41) is 10.4. The first-order valence-electron chi connectivity index (χ1n) is 9.06. The molecule has 6 heteroatoms. The highest BCUT2D eigenvalue weighted by Crippen LogP contribution is 2.17. The van der Waals surface area contributed by atoms with Gasteiger partial charge < -0.3 is 19.0 Å². The Morgan fingerprint density at radius 3 is 2.57 bits per heavy atom. The lowest BCUT2D eigenvalue weighted by Crippen LogP contribution is -2.35. The van der Waals surface area contributed by atoms with Crippen molar-refractivity contribution in [3.63, 3.8) is 0 Å². The molecule has 28 heavy (non-hydrogen) atoms. The van der Waals surface area contributed by atoms with Crippen molar-refractivity contribution in [2.75, 3.05) is 20.3 Å². The van der Waals surface area contributed by atoms with Crippen LogP contribution in [0.5, 0.6) is 11.5 Å². The molecule has 1 N–H and O–H groups in total. The van der Waals surface area contributed by atoms with E-state index in [4.69, 9.17) is 13.9 Å². The van der Waals surface area contributed by atoms with E-state index in [1.54, 1.807) is 25.5 Å². The van der Waals surface area contributed by atoms with Gasteiger partial charge in [-0.1, -0.05) is 12.1 Å². The van der Waals surface area contributed by atoms with Crippen LogP contribution in [-0.2, 0) is 13.1 Å². The van der Waals surface area contributed by atoms with E-state index in [2.05, 4.69) is 4.90 Å². The number of hydrogen-bond acceptors (Lipinski definition) is 5. The standard InChI is InChI=1S/C22H24FNO4/c1-26-21-5-2-4-17(12-21)13-24(15-22-6-3-11-27-22)14-19(25)16-28-20-9-7-18(23)8-10-20/h2-12,19,25H,13-16H2,1H3. The summed E-state index contributed by atoms with van der Waals surface area (Å²) in [7, 11) is 1.64. The van der Waals surface area contributed by atoms with Gasteiger partial charge in [0, 0.05) is 13.1 Å². The van der Waals surface area contributed by atoms with E-state index >= 15 is 0 Å². The van der Waals surface area contributed by atoms with Crippen molar-refractivity contribution >= 4 is 0 Å². The van der Waals surface area contributed by atoms with Crippen molar-refractivity contribution in [1.82, 2.24) is 4.90 Å². The molecule has 2 aromatic carbocycles. The van der Waals surface area contributed by atoms with E-state index in [0.29, 0.717) is 25.4 Å². The average Bonchev–Trinajstić information content (AvgIpc) is 3.20. The molecule has 1 heterocycles. The predicted molar refractivity (Wildman–Crippen MR) is 104 cm³/mol. The molecule has 0 aliphatic carbocycles. The van der Waals surface area contributed by atoms with Crippen LogP contribution in [0.1, 0.15) is 11.3 Å². The molecule has 0 bridgehead atoms. The summed E-state index contributed by atoms with van der Waals surface area (Å²) in [4.78, 5) is 2.08. The molecule has 0 aliphatic rings. The predicted octanol–water partition coefficient (Wildman–Crippen LogP) is 3.87. The molecule has 1 aromatic heterocycles. The van der Waals surface area contributed by atoms with E-state index in [1.807, 2.05) is 36.4 Å². The van der Waals surface area contributed by atoms with E-state index in [-0.39, 0.29) is 12.4 Å². The number of rotatable bonds is 10. The molecule has 3 aromatic rings. The quantitative estimate of drug-likeness (QED) is 0.574. The van der Waals surface area contributed by atoms with E-state index in [9.17, 15) is 9.50 Å². The molecular weight excluding hydrogens is 361 g/mol. The van der Waals surface area contributed by atoms with Crippen molar-refractivity contribution < 1.29 is 23.4 Å². The minimum Gasteiger partial charge on any atom is -0.497 e. The van der Waals surface area contributed by atoms with Crippen LogP contribution >= 0.6 is 0 Å². The summed E-state index contributed by atoms with van der Waals surface area (Å²) in [6.07, 6.45) is 0.915. The van der Waals surface area contributed by atoms with Gasteiger partial charge in [-0.3, -0.25) is 4.90 Å². The summed E-state index contributed by atoms with van der Waals surface area (Å²) in [6, 6.07) is 17.3. The highest BCUT2D eigenvalue weighted by atomic mass is 19.1. The zero-order valence-electron chi connectivity index (χ0n) is 15.8. The lowest BCUT2D eigenvalue weighted by Gasteiger charge is -2.24. The SMILES string of the molecule is COc1cccc(CN(Cc2ccco2)CC(O)COc2ccc(F)cc2)c1. The normalized spacial score (nSPS) is 12.1. The number of methoxy groups -OCH3 is 1. The van der Waals surface area contributed by atoms with Gasteiger partial charge in [-0.25, -0.2) is 4.39 Å². The number of aliphatic hydroxyl groups excluding tert-OH is 1. The molecule has 0 saturated carbocycles. The van der Waals surface area contributed by atoms with Gasteiger partial charge in [-0.05, 0) is 54.1 Å². The van der Waals surface area contributed by atoms with Crippen LogP contribution in [-0.4, -0.2) is 36.4 Å². The van der Waals surface area contributed by atoms with Crippen LogP contribution in [0.3, 0.4) is 0 Å². The monoisotopic (exact) mass is 385 g/mol. The van der Waals surface area contributed by atoms with Crippen LogP contribution < -0.4 is 9.47 Å². The Morgan fingerprint density at radius 2 is 1.86 bits per heavy atom. The Hall–Kier alpha value is -2.83. The molecule has 5 nitrogen and oxygen atoms in total. The van der Waals surface area contributed by atoms with Crippen LogP contribution in [0.2, 0.25) is 0 Å². The summed E-state index contributed by atoms with van der Waals surface area (Å²) < 4.78 is 29.3. The Balaban J connectivity index is 1.61. The molecule has 1 atom stereocenters. The van der Waals surface area contributed by atoms with E-state index < -0.39 is 6.10 Å². The third-order valence-electron chi connectivity index (χ3n) is 4.22. The summed E-state index contributed by atoms with van der Waals surface area (Å²) in [5.74, 6) is 1.80. The number of aliphatic hydroxyl groups is 1. The summed E-state index contributed by atoms with van der Waals surface area (Å²) in [6.45, 7) is 1.67. The number of furan rings is 1. The first-order chi connectivity index (χ1) is 13.6. The second kappa shape index (κ2) is 9.92. The fourth-order valence-corrected chi connectivity index (χ4v) is 2.91. The van der Waals surface area contributed by atoms with Gasteiger partial charge >= 0.3 is 0 Å². The molecule has 3 rings (SSSR count). The van der Waals surface area contributed by atoms with Crippen molar-refractivity contribution in [2.24, 2.45) is 0 Å². The number of nitrogens with zero attached hydrogens (tertiary/aromatic N) is 1. The van der Waals surface area contributed by atoms with Gasteiger partial charge in [0.25, 0.3) is 0 Å². The maximum Gasteiger partial charge on any atom is 0.123 e. The lowest BCUT2D eigenvalue weighted by molar-refractivity contribution is 0.0604. The fourth-order valence-electron chi connectivity index (χ4n) is 2.91. The first-order valence-corrected chi connectivity index (χ1v) is 9.06. The molecule has 0 saturated heterocycles. The average molecular weight is 385 g/mol. The fraction of sp³-hybridized carbons (Fsp3) is 0.273. The maximum absolute atomic E-state index is 13.0. The van der Waals surface area contributed by atoms with Crippen molar-refractivity contribution in [3.05, 3.63) is 84.1 Å². The topological polar surface area (TPSA) is 55.1 Å². The van der Waals surface area contributed by atoms with Gasteiger partial charge in [-0.2, -0.15) is 0 Å². The van der Waals surface area contributed by atoms with Crippen LogP contribution in [0.4, 0.5) is 4.39 Å². The Bertz CT molecular complexity index is 836. The highest BCUT2D eigenvalue weighted by molar-refractivity contribution is 5.28. The van der Waals surface area contributed by atoms with Gasteiger partial charge in [0.2, 0.25) is 0 Å². The third-order valence-corrected chi connectivity index (χ3v) is 4.22. The zero-order chi connectivity index (χ0) is 19.8. The number of benzene rings is 2. The zero-order valence-corrected chi connectivity index (χ0v) is 15.8. The molecule has 0 aliphatic heterocycles. The third kappa shape index (κ3) is 6.11. The molecule has 1 unspecified atom stereocenters. The van der Waals surface area contributed by atoms with Gasteiger partial charge in [-0.15, -0.1) is 0 Å². The van der Waals surface area contributed by atoms with E-state index in [0.717, 1.165) is 17.1 Å². The Labute approximate surface area is 163 Å². The van der Waals surface area contributed by atoms with Crippen LogP contribution in [0.25, 0.3) is 0 Å². The Kier molecular flexibility index (Phi) is 7.06. The van der Waals surface area contributed by atoms with Gasteiger partial charge in [0.1, 0.15) is 35.8 Å². The molecule has 148 valence electrons. The first kappa shape index (κ1) is 19.9. The molecule has 0 spiro atoms. The van der Waals surface area contributed by atoms with Crippen molar-refractivity contribution in [2.45, 2.75) is 19.2 Å². The molecule has 0 fully saturated rings. The minimum atomic E-state index is -0.717. The lowest BCUT2D eigenvalue weighted by atomic mass is 10.2. The van der Waals surface area contributed by atoms with Gasteiger partial charge in [0.15, 0.2) is 0 Å². The van der Waals surface area contributed by atoms with Gasteiger partial charge in [0.05, 0.1) is 19.9 Å². The molecular formula is C22H24FNO4. The van der Waals surface area contributed by atoms with Crippen molar-refractivity contribution in [3.8, 4) is 11.5 Å². The highest BCUT2D eigenvalue weighted by Gasteiger charge is 2.15. The summed E-state index contributed by atoms with van der Waals surface area (Å²) in [5.41, 5.74) is 1.07. The minimum absolute atomic E-state index is 0.110. The number of ether oxygens (including phenoxy) is 2. The Morgan fingerprint density at radius 1 is 1.04 bits per heavy atom. The molecule has 0 radical (unpaired) electrons. The van der Waals surface area contributed by atoms with Crippen LogP contribution in [0.15, 0.2) is 71.3 Å². The maximum atomic E-state index is 13.0. The second-order valence-electron chi connectivity index (χ2n) is 6.52. The summed E-state index contributed by atoms with van der Waals surface area (Å²) >= 11 is 0. The number of hydrogen-bond donors (Lipinski definition) is 1. The largest absolute Gasteiger partial charge is 0.497 e. The smallest absolute Gasteiger partial charge is 0.123 e. The number of halogens is 1.